The minimum absolute atomic E-state index is 0.327. The lowest BCUT2D eigenvalue weighted by Gasteiger charge is -2.15. The molecule has 0 unspecified atom stereocenters. The number of hydrogen-bond donors (Lipinski definition) is 1. The van der Waals surface area contributed by atoms with Crippen LogP contribution in [0.3, 0.4) is 0 Å². The summed E-state index contributed by atoms with van der Waals surface area (Å²) in [5.41, 5.74) is 3.50. The molecule has 0 aliphatic heterocycles. The van der Waals surface area contributed by atoms with E-state index in [1.54, 1.807) is 12.1 Å². The molecule has 1 N–H and O–H groups in total. The van der Waals surface area contributed by atoms with Crippen LogP contribution >= 0.6 is 0 Å². The van der Waals surface area contributed by atoms with Gasteiger partial charge < -0.3 is 5.11 Å². The molecule has 2 rings (SSSR count). The van der Waals surface area contributed by atoms with Crippen LogP contribution in [0.4, 0.5) is 4.39 Å². The number of aliphatic hydroxyl groups excluding tert-OH is 1. The Morgan fingerprint density at radius 2 is 1.82 bits per heavy atom. The molecule has 0 aliphatic carbocycles. The molecule has 0 radical (unpaired) electrons. The first-order valence-electron chi connectivity index (χ1n) is 5.58. The van der Waals surface area contributed by atoms with Gasteiger partial charge in [0.1, 0.15) is 11.9 Å². The van der Waals surface area contributed by atoms with E-state index in [1.807, 2.05) is 32.0 Å². The average molecular weight is 230 g/mol. The molecule has 2 aromatic carbocycles. The van der Waals surface area contributed by atoms with Crippen LogP contribution in [-0.4, -0.2) is 5.11 Å². The van der Waals surface area contributed by atoms with E-state index >= 15 is 0 Å². The van der Waals surface area contributed by atoms with Crippen molar-refractivity contribution in [2.45, 2.75) is 20.0 Å². The molecular formula is C15H15FO. The van der Waals surface area contributed by atoms with Crippen LogP contribution in [0.25, 0.3) is 0 Å². The van der Waals surface area contributed by atoms with Gasteiger partial charge in [-0.2, -0.15) is 0 Å². The Morgan fingerprint density at radius 3 is 2.53 bits per heavy atom. The Morgan fingerprint density at radius 1 is 1.06 bits per heavy atom. The second-order valence-corrected chi connectivity index (χ2v) is 4.32. The van der Waals surface area contributed by atoms with Crippen molar-refractivity contribution in [3.8, 4) is 0 Å². The van der Waals surface area contributed by atoms with Gasteiger partial charge in [-0.25, -0.2) is 4.39 Å². The molecule has 1 nitrogen and oxygen atoms in total. The monoisotopic (exact) mass is 230 g/mol. The van der Waals surface area contributed by atoms with Crippen molar-refractivity contribution in [1.82, 2.24) is 0 Å². The Kier molecular flexibility index (Phi) is 3.25. The normalized spacial score (nSPS) is 12.5. The molecule has 0 aliphatic rings. The van der Waals surface area contributed by atoms with Crippen LogP contribution in [0.1, 0.15) is 28.4 Å². The van der Waals surface area contributed by atoms with Crippen LogP contribution in [0.15, 0.2) is 42.5 Å². The molecular weight excluding hydrogens is 215 g/mol. The van der Waals surface area contributed by atoms with E-state index in [1.165, 1.54) is 12.1 Å². The third kappa shape index (κ3) is 2.53. The minimum Gasteiger partial charge on any atom is -0.384 e. The van der Waals surface area contributed by atoms with Crippen molar-refractivity contribution in [3.63, 3.8) is 0 Å². The van der Waals surface area contributed by atoms with E-state index in [0.717, 1.165) is 16.7 Å². The second kappa shape index (κ2) is 4.68. The topological polar surface area (TPSA) is 20.2 Å². The fourth-order valence-electron chi connectivity index (χ4n) is 1.91. The van der Waals surface area contributed by atoms with E-state index < -0.39 is 6.10 Å². The van der Waals surface area contributed by atoms with E-state index in [-0.39, 0.29) is 5.82 Å². The molecule has 0 fully saturated rings. The first-order valence-corrected chi connectivity index (χ1v) is 5.58. The highest BCUT2D eigenvalue weighted by atomic mass is 19.1. The van der Waals surface area contributed by atoms with Gasteiger partial charge in [-0.1, -0.05) is 35.9 Å². The molecule has 88 valence electrons. The van der Waals surface area contributed by atoms with Crippen LogP contribution in [0.5, 0.6) is 0 Å². The minimum atomic E-state index is -0.773. The number of aryl methyl sites for hydroxylation is 2. The number of aliphatic hydroxyl groups is 1. The molecule has 1 atom stereocenters. The summed E-state index contributed by atoms with van der Waals surface area (Å²) >= 11 is 0. The summed E-state index contributed by atoms with van der Waals surface area (Å²) in [6, 6.07) is 12.0. The van der Waals surface area contributed by atoms with Gasteiger partial charge in [0.25, 0.3) is 0 Å². The summed E-state index contributed by atoms with van der Waals surface area (Å²) in [7, 11) is 0. The van der Waals surface area contributed by atoms with Gasteiger partial charge in [0.2, 0.25) is 0 Å². The fraction of sp³-hybridized carbons (Fsp3) is 0.200. The van der Waals surface area contributed by atoms with Crippen molar-refractivity contribution < 1.29 is 9.50 Å². The lowest BCUT2D eigenvalue weighted by atomic mass is 9.96. The highest BCUT2D eigenvalue weighted by molar-refractivity contribution is 5.37. The predicted molar refractivity (Wildman–Crippen MR) is 66.4 cm³/mol. The first-order chi connectivity index (χ1) is 8.08. The molecule has 2 aromatic rings. The lowest BCUT2D eigenvalue weighted by molar-refractivity contribution is 0.219. The molecule has 0 bridgehead atoms. The van der Waals surface area contributed by atoms with Crippen LogP contribution < -0.4 is 0 Å². The van der Waals surface area contributed by atoms with E-state index in [9.17, 15) is 9.50 Å². The maximum atomic E-state index is 13.1. The van der Waals surface area contributed by atoms with Crippen LogP contribution in [-0.2, 0) is 0 Å². The van der Waals surface area contributed by atoms with Crippen molar-refractivity contribution in [1.29, 1.82) is 0 Å². The summed E-state index contributed by atoms with van der Waals surface area (Å²) in [4.78, 5) is 0. The zero-order chi connectivity index (χ0) is 12.4. The van der Waals surface area contributed by atoms with Crippen molar-refractivity contribution in [3.05, 3.63) is 70.5 Å². The van der Waals surface area contributed by atoms with E-state index in [2.05, 4.69) is 0 Å². The quantitative estimate of drug-likeness (QED) is 0.836. The van der Waals surface area contributed by atoms with Crippen LogP contribution in [0.2, 0.25) is 0 Å². The summed E-state index contributed by atoms with van der Waals surface area (Å²) in [6.45, 7) is 3.92. The van der Waals surface area contributed by atoms with Gasteiger partial charge in [0.15, 0.2) is 0 Å². The number of hydrogen-bond acceptors (Lipinski definition) is 1. The molecule has 0 spiro atoms. The Labute approximate surface area is 101 Å². The molecule has 0 aromatic heterocycles. The number of halogens is 1. The highest BCUT2D eigenvalue weighted by Crippen LogP contribution is 2.25. The van der Waals surface area contributed by atoms with Gasteiger partial charge in [0.05, 0.1) is 0 Å². The number of benzene rings is 2. The fourth-order valence-corrected chi connectivity index (χ4v) is 1.91. The van der Waals surface area contributed by atoms with Crippen LogP contribution in [0, 0.1) is 19.7 Å². The Hall–Kier alpha value is -1.67. The van der Waals surface area contributed by atoms with E-state index in [0.29, 0.717) is 5.56 Å². The second-order valence-electron chi connectivity index (χ2n) is 4.32. The third-order valence-electron chi connectivity index (χ3n) is 2.89. The Balaban J connectivity index is 2.43. The standard InChI is InChI=1S/C15H15FO/c1-10-6-7-11(2)14(8-10)15(17)12-4-3-5-13(16)9-12/h3-9,15,17H,1-2H3/t15-/m0/s1. The summed E-state index contributed by atoms with van der Waals surface area (Å²) < 4.78 is 13.1. The molecule has 0 saturated heterocycles. The lowest BCUT2D eigenvalue weighted by Crippen LogP contribution is -2.02. The molecule has 0 amide bonds. The maximum Gasteiger partial charge on any atom is 0.123 e. The summed E-state index contributed by atoms with van der Waals surface area (Å²) in [6.07, 6.45) is -0.773. The van der Waals surface area contributed by atoms with E-state index in [4.69, 9.17) is 0 Å². The first kappa shape index (κ1) is 11.8. The predicted octanol–water partition coefficient (Wildman–Crippen LogP) is 3.52. The third-order valence-corrected chi connectivity index (χ3v) is 2.89. The van der Waals surface area contributed by atoms with Crippen molar-refractivity contribution in [2.75, 3.05) is 0 Å². The SMILES string of the molecule is Cc1ccc(C)c([C@@H](O)c2cccc(F)c2)c1. The highest BCUT2D eigenvalue weighted by Gasteiger charge is 2.13. The molecule has 0 saturated carbocycles. The molecule has 17 heavy (non-hydrogen) atoms. The zero-order valence-electron chi connectivity index (χ0n) is 9.94. The van der Waals surface area contributed by atoms with Crippen molar-refractivity contribution in [2.24, 2.45) is 0 Å². The smallest absolute Gasteiger partial charge is 0.123 e. The molecule has 0 heterocycles. The molecule has 2 heteroatoms. The Bertz CT molecular complexity index is 534. The van der Waals surface area contributed by atoms with Gasteiger partial charge in [0, 0.05) is 0 Å². The van der Waals surface area contributed by atoms with Gasteiger partial charge in [-0.3, -0.25) is 0 Å². The van der Waals surface area contributed by atoms with Crippen molar-refractivity contribution >= 4 is 0 Å². The van der Waals surface area contributed by atoms with Gasteiger partial charge in [-0.15, -0.1) is 0 Å². The largest absolute Gasteiger partial charge is 0.384 e. The summed E-state index contributed by atoms with van der Waals surface area (Å²) in [5, 5.41) is 10.3. The van der Waals surface area contributed by atoms with Gasteiger partial charge in [-0.05, 0) is 42.7 Å². The maximum absolute atomic E-state index is 13.1. The number of rotatable bonds is 2. The zero-order valence-corrected chi connectivity index (χ0v) is 9.94. The summed E-state index contributed by atoms with van der Waals surface area (Å²) in [5.74, 6) is -0.327. The average Bonchev–Trinajstić information content (AvgIpc) is 2.31. The van der Waals surface area contributed by atoms with Gasteiger partial charge >= 0.3 is 0 Å².